The van der Waals surface area contributed by atoms with Gasteiger partial charge in [-0.3, -0.25) is 9.59 Å². The first-order valence-corrected chi connectivity index (χ1v) is 9.53. The Morgan fingerprint density at radius 1 is 1.08 bits per heavy atom. The van der Waals surface area contributed by atoms with Gasteiger partial charge in [-0.05, 0) is 62.6 Å². The molecule has 0 spiro atoms. The third kappa shape index (κ3) is 4.94. The standard InChI is InChI=1S/C21H28N2O2/c1-2-15-8-10-17(11-9-15)23-21(25)19-14-18(19)20(24)22-13-12-16-6-4-3-5-7-16/h6,8-11,18-19H,2-5,7,12-14H2,1H3,(H,22,24)(H,23,25). The van der Waals surface area contributed by atoms with Crippen LogP contribution in [-0.2, 0) is 16.0 Å². The van der Waals surface area contributed by atoms with Crippen molar-refractivity contribution in [2.45, 2.75) is 51.9 Å². The Balaban J connectivity index is 1.39. The van der Waals surface area contributed by atoms with Crippen molar-refractivity contribution in [3.63, 3.8) is 0 Å². The largest absolute Gasteiger partial charge is 0.356 e. The van der Waals surface area contributed by atoms with Gasteiger partial charge in [0.05, 0.1) is 11.8 Å². The van der Waals surface area contributed by atoms with Crippen molar-refractivity contribution in [1.82, 2.24) is 5.32 Å². The highest BCUT2D eigenvalue weighted by Gasteiger charge is 2.47. The summed E-state index contributed by atoms with van der Waals surface area (Å²) in [5.41, 5.74) is 3.51. The number of aryl methyl sites for hydroxylation is 1. The van der Waals surface area contributed by atoms with Crippen LogP contribution < -0.4 is 10.6 Å². The van der Waals surface area contributed by atoms with Gasteiger partial charge in [0, 0.05) is 12.2 Å². The summed E-state index contributed by atoms with van der Waals surface area (Å²) in [4.78, 5) is 24.5. The second kappa shape index (κ2) is 8.32. The molecule has 25 heavy (non-hydrogen) atoms. The minimum absolute atomic E-state index is 0.0258. The van der Waals surface area contributed by atoms with Crippen LogP contribution in [0.3, 0.4) is 0 Å². The second-order valence-electron chi connectivity index (χ2n) is 7.14. The molecule has 0 aliphatic heterocycles. The summed E-state index contributed by atoms with van der Waals surface area (Å²) in [6, 6.07) is 7.89. The van der Waals surface area contributed by atoms with Gasteiger partial charge in [0.15, 0.2) is 0 Å². The monoisotopic (exact) mass is 340 g/mol. The van der Waals surface area contributed by atoms with E-state index in [0.29, 0.717) is 13.0 Å². The summed E-state index contributed by atoms with van der Waals surface area (Å²) in [7, 11) is 0. The average Bonchev–Trinajstić information content (AvgIpc) is 3.44. The van der Waals surface area contributed by atoms with Gasteiger partial charge >= 0.3 is 0 Å². The number of benzene rings is 1. The number of carbonyl (C=O) groups excluding carboxylic acids is 2. The Labute approximate surface area is 150 Å². The summed E-state index contributed by atoms with van der Waals surface area (Å²) in [5.74, 6) is -0.354. The van der Waals surface area contributed by atoms with Crippen molar-refractivity contribution >= 4 is 17.5 Å². The number of hydrogen-bond donors (Lipinski definition) is 2. The predicted molar refractivity (Wildman–Crippen MR) is 100 cm³/mol. The van der Waals surface area contributed by atoms with Gasteiger partial charge in [-0.2, -0.15) is 0 Å². The highest BCUT2D eigenvalue weighted by molar-refractivity contribution is 5.99. The van der Waals surface area contributed by atoms with Crippen molar-refractivity contribution < 1.29 is 9.59 Å². The number of amides is 2. The van der Waals surface area contributed by atoms with Crippen LogP contribution >= 0.6 is 0 Å². The zero-order valence-electron chi connectivity index (χ0n) is 15.0. The molecule has 1 saturated carbocycles. The van der Waals surface area contributed by atoms with Crippen molar-refractivity contribution in [3.8, 4) is 0 Å². The van der Waals surface area contributed by atoms with Gasteiger partial charge in [0.25, 0.3) is 0 Å². The fourth-order valence-electron chi connectivity index (χ4n) is 3.44. The highest BCUT2D eigenvalue weighted by Crippen LogP contribution is 2.39. The van der Waals surface area contributed by atoms with E-state index < -0.39 is 0 Å². The summed E-state index contributed by atoms with van der Waals surface area (Å²) in [5, 5.41) is 5.92. The Kier molecular flexibility index (Phi) is 5.90. The van der Waals surface area contributed by atoms with Gasteiger partial charge in [-0.1, -0.05) is 30.7 Å². The maximum absolute atomic E-state index is 12.3. The fraction of sp³-hybridized carbons (Fsp3) is 0.524. The number of rotatable bonds is 7. The molecule has 1 aromatic carbocycles. The molecule has 134 valence electrons. The molecule has 0 aromatic heterocycles. The smallest absolute Gasteiger partial charge is 0.228 e. The lowest BCUT2D eigenvalue weighted by atomic mass is 9.97. The van der Waals surface area contributed by atoms with Crippen LogP contribution in [0.5, 0.6) is 0 Å². The number of carbonyl (C=O) groups is 2. The predicted octanol–water partition coefficient (Wildman–Crippen LogP) is 3.83. The molecule has 3 rings (SSSR count). The molecule has 2 N–H and O–H groups in total. The lowest BCUT2D eigenvalue weighted by Crippen LogP contribution is -2.28. The van der Waals surface area contributed by atoms with Crippen LogP contribution in [0.25, 0.3) is 0 Å². The van der Waals surface area contributed by atoms with Gasteiger partial charge < -0.3 is 10.6 Å². The topological polar surface area (TPSA) is 58.2 Å². The van der Waals surface area contributed by atoms with E-state index in [1.54, 1.807) is 0 Å². The molecule has 2 aliphatic rings. The van der Waals surface area contributed by atoms with E-state index in [2.05, 4.69) is 23.6 Å². The Hall–Kier alpha value is -2.10. The molecular weight excluding hydrogens is 312 g/mol. The van der Waals surface area contributed by atoms with Gasteiger partial charge in [-0.25, -0.2) is 0 Å². The molecule has 2 unspecified atom stereocenters. The summed E-state index contributed by atoms with van der Waals surface area (Å²) < 4.78 is 0. The lowest BCUT2D eigenvalue weighted by Gasteiger charge is -2.13. The highest BCUT2D eigenvalue weighted by atomic mass is 16.2. The Morgan fingerprint density at radius 3 is 2.52 bits per heavy atom. The van der Waals surface area contributed by atoms with E-state index in [1.807, 2.05) is 24.3 Å². The van der Waals surface area contributed by atoms with Crippen molar-refractivity contribution in [1.29, 1.82) is 0 Å². The molecule has 4 nitrogen and oxygen atoms in total. The number of allylic oxidation sites excluding steroid dienone is 1. The molecule has 2 amide bonds. The fourth-order valence-corrected chi connectivity index (χ4v) is 3.44. The average molecular weight is 340 g/mol. The SMILES string of the molecule is CCc1ccc(NC(=O)C2CC2C(=O)NCCC2=CCCCC2)cc1. The first-order valence-electron chi connectivity index (χ1n) is 9.53. The molecule has 0 saturated heterocycles. The zero-order valence-corrected chi connectivity index (χ0v) is 15.0. The minimum atomic E-state index is -0.181. The van der Waals surface area contributed by atoms with E-state index >= 15 is 0 Å². The Bertz CT molecular complexity index is 648. The molecule has 2 atom stereocenters. The van der Waals surface area contributed by atoms with Crippen LogP contribution in [0, 0.1) is 11.8 Å². The summed E-state index contributed by atoms with van der Waals surface area (Å²) in [6.07, 6.45) is 9.80. The normalized spacial score (nSPS) is 22.0. The van der Waals surface area contributed by atoms with Crippen LogP contribution in [0.2, 0.25) is 0 Å². The maximum atomic E-state index is 12.3. The molecule has 4 heteroatoms. The van der Waals surface area contributed by atoms with Gasteiger partial charge in [0.2, 0.25) is 11.8 Å². The molecule has 2 aliphatic carbocycles. The third-order valence-corrected chi connectivity index (χ3v) is 5.22. The Morgan fingerprint density at radius 2 is 1.84 bits per heavy atom. The van der Waals surface area contributed by atoms with E-state index in [-0.39, 0.29) is 23.7 Å². The quantitative estimate of drug-likeness (QED) is 0.741. The summed E-state index contributed by atoms with van der Waals surface area (Å²) in [6.45, 7) is 2.79. The lowest BCUT2D eigenvalue weighted by molar-refractivity contribution is -0.125. The van der Waals surface area contributed by atoms with E-state index in [1.165, 1.54) is 36.8 Å². The van der Waals surface area contributed by atoms with Crippen LogP contribution in [0.4, 0.5) is 5.69 Å². The van der Waals surface area contributed by atoms with E-state index in [0.717, 1.165) is 18.5 Å². The molecule has 0 radical (unpaired) electrons. The number of hydrogen-bond acceptors (Lipinski definition) is 2. The van der Waals surface area contributed by atoms with E-state index in [9.17, 15) is 9.59 Å². The molecule has 1 fully saturated rings. The van der Waals surface area contributed by atoms with Gasteiger partial charge in [-0.15, -0.1) is 0 Å². The molecule has 0 bridgehead atoms. The summed E-state index contributed by atoms with van der Waals surface area (Å²) >= 11 is 0. The molecule has 0 heterocycles. The zero-order chi connectivity index (χ0) is 17.6. The second-order valence-corrected chi connectivity index (χ2v) is 7.14. The van der Waals surface area contributed by atoms with E-state index in [4.69, 9.17) is 0 Å². The van der Waals surface area contributed by atoms with Crippen LogP contribution in [0.15, 0.2) is 35.9 Å². The molecular formula is C21H28N2O2. The molecule has 1 aromatic rings. The van der Waals surface area contributed by atoms with Crippen LogP contribution in [-0.4, -0.2) is 18.4 Å². The third-order valence-electron chi connectivity index (χ3n) is 5.22. The van der Waals surface area contributed by atoms with Crippen molar-refractivity contribution in [3.05, 3.63) is 41.5 Å². The first kappa shape index (κ1) is 17.7. The van der Waals surface area contributed by atoms with Gasteiger partial charge in [0.1, 0.15) is 0 Å². The first-order chi connectivity index (χ1) is 12.2. The van der Waals surface area contributed by atoms with Crippen molar-refractivity contribution in [2.24, 2.45) is 11.8 Å². The van der Waals surface area contributed by atoms with Crippen LogP contribution in [0.1, 0.15) is 51.0 Å². The number of anilines is 1. The number of nitrogens with one attached hydrogen (secondary N) is 2. The maximum Gasteiger partial charge on any atom is 0.228 e. The van der Waals surface area contributed by atoms with Crippen molar-refractivity contribution in [2.75, 3.05) is 11.9 Å². The minimum Gasteiger partial charge on any atom is -0.356 e.